The van der Waals surface area contributed by atoms with Crippen molar-refractivity contribution in [1.29, 1.82) is 0 Å². The molecule has 176 valence electrons. The van der Waals surface area contributed by atoms with Crippen LogP contribution in [0.5, 0.6) is 11.5 Å². The van der Waals surface area contributed by atoms with Crippen molar-refractivity contribution in [3.05, 3.63) is 30.0 Å². The highest BCUT2D eigenvalue weighted by Crippen LogP contribution is 2.41. The number of rotatable bonds is 8. The van der Waals surface area contributed by atoms with Gasteiger partial charge >= 0.3 is 5.97 Å². The summed E-state index contributed by atoms with van der Waals surface area (Å²) in [7, 11) is 0. The SMILES string of the molecule is CC(=O)OCc1cc2c(cc1Sc1nc3c(N)nccc3n1CCNCC(C)(C)C)OCO2. The molecule has 33 heavy (non-hydrogen) atoms. The van der Waals surface area contributed by atoms with Crippen molar-refractivity contribution in [2.45, 2.75) is 50.9 Å². The van der Waals surface area contributed by atoms with Crippen LogP contribution in [-0.2, 0) is 22.7 Å². The number of benzene rings is 1. The topological polar surface area (TPSA) is 114 Å². The van der Waals surface area contributed by atoms with Crippen molar-refractivity contribution in [3.63, 3.8) is 0 Å². The Labute approximate surface area is 197 Å². The van der Waals surface area contributed by atoms with Crippen molar-refractivity contribution in [1.82, 2.24) is 19.9 Å². The number of fused-ring (bicyclic) bond motifs is 2. The lowest BCUT2D eigenvalue weighted by Crippen LogP contribution is -2.29. The third kappa shape index (κ3) is 5.51. The van der Waals surface area contributed by atoms with Crippen molar-refractivity contribution in [3.8, 4) is 11.5 Å². The molecule has 2 aromatic heterocycles. The van der Waals surface area contributed by atoms with E-state index in [2.05, 4.69) is 35.6 Å². The van der Waals surface area contributed by atoms with Crippen LogP contribution in [0, 0.1) is 5.41 Å². The highest BCUT2D eigenvalue weighted by Gasteiger charge is 2.21. The van der Waals surface area contributed by atoms with E-state index in [0.29, 0.717) is 29.4 Å². The van der Waals surface area contributed by atoms with Crippen LogP contribution >= 0.6 is 11.8 Å². The Bertz CT molecular complexity index is 1170. The van der Waals surface area contributed by atoms with Crippen LogP contribution < -0.4 is 20.5 Å². The number of anilines is 1. The van der Waals surface area contributed by atoms with Gasteiger partial charge in [-0.3, -0.25) is 4.79 Å². The molecule has 0 unspecified atom stereocenters. The number of aromatic nitrogens is 3. The Hall–Kier alpha value is -2.98. The smallest absolute Gasteiger partial charge is 0.302 e. The zero-order chi connectivity index (χ0) is 23.6. The van der Waals surface area contributed by atoms with Gasteiger partial charge in [0.15, 0.2) is 22.5 Å². The number of esters is 1. The second kappa shape index (κ2) is 9.48. The normalized spacial score (nSPS) is 13.0. The molecule has 0 saturated heterocycles. The molecule has 10 heteroatoms. The van der Waals surface area contributed by atoms with Gasteiger partial charge in [-0.05, 0) is 23.6 Å². The van der Waals surface area contributed by atoms with Crippen LogP contribution in [-0.4, -0.2) is 40.4 Å². The lowest BCUT2D eigenvalue weighted by atomic mass is 9.97. The average Bonchev–Trinajstić information content (AvgIpc) is 3.33. The minimum Gasteiger partial charge on any atom is -0.461 e. The first kappa shape index (κ1) is 23.2. The summed E-state index contributed by atoms with van der Waals surface area (Å²) in [5.74, 6) is 1.33. The van der Waals surface area contributed by atoms with Crippen molar-refractivity contribution in [2.75, 3.05) is 25.6 Å². The fourth-order valence-electron chi connectivity index (χ4n) is 3.45. The Balaban J connectivity index is 1.66. The number of carbonyl (C=O) groups is 1. The lowest BCUT2D eigenvalue weighted by Gasteiger charge is -2.19. The Kier molecular flexibility index (Phi) is 6.66. The predicted octanol–water partition coefficient (Wildman–Crippen LogP) is 3.59. The quantitative estimate of drug-likeness (QED) is 0.376. The maximum atomic E-state index is 11.4. The maximum Gasteiger partial charge on any atom is 0.302 e. The summed E-state index contributed by atoms with van der Waals surface area (Å²) in [6, 6.07) is 5.67. The van der Waals surface area contributed by atoms with Gasteiger partial charge in [-0.2, -0.15) is 0 Å². The molecular formula is C23H29N5O4S. The molecule has 3 aromatic rings. The van der Waals surface area contributed by atoms with Crippen LogP contribution in [0.4, 0.5) is 5.82 Å². The van der Waals surface area contributed by atoms with Gasteiger partial charge in [0.05, 0.1) is 5.52 Å². The molecule has 0 aliphatic carbocycles. The maximum absolute atomic E-state index is 11.4. The van der Waals surface area contributed by atoms with Gasteiger partial charge in [-0.15, -0.1) is 0 Å². The third-order valence-corrected chi connectivity index (χ3v) is 6.11. The number of nitrogen functional groups attached to an aromatic ring is 1. The molecule has 3 N–H and O–H groups in total. The number of ether oxygens (including phenoxy) is 3. The summed E-state index contributed by atoms with van der Waals surface area (Å²) in [6.07, 6.45) is 1.69. The van der Waals surface area contributed by atoms with E-state index in [4.69, 9.17) is 24.9 Å². The molecule has 0 atom stereocenters. The van der Waals surface area contributed by atoms with Crippen LogP contribution in [0.1, 0.15) is 33.3 Å². The van der Waals surface area contributed by atoms with Gasteiger partial charge in [0.25, 0.3) is 0 Å². The number of carbonyl (C=O) groups excluding carboxylic acids is 1. The van der Waals surface area contributed by atoms with Crippen molar-refractivity contribution >= 4 is 34.6 Å². The minimum atomic E-state index is -0.348. The van der Waals surface area contributed by atoms with Crippen molar-refractivity contribution < 1.29 is 19.0 Å². The molecule has 3 heterocycles. The lowest BCUT2D eigenvalue weighted by molar-refractivity contribution is -0.142. The van der Waals surface area contributed by atoms with Crippen LogP contribution in [0.25, 0.3) is 11.0 Å². The second-order valence-electron chi connectivity index (χ2n) is 9.04. The molecule has 0 fully saturated rings. The predicted molar refractivity (Wildman–Crippen MR) is 126 cm³/mol. The number of nitrogens with two attached hydrogens (primary N) is 1. The molecule has 0 bridgehead atoms. The number of hydrogen-bond acceptors (Lipinski definition) is 9. The number of nitrogens with one attached hydrogen (secondary N) is 1. The van der Waals surface area contributed by atoms with E-state index in [1.807, 2.05) is 18.2 Å². The van der Waals surface area contributed by atoms with Gasteiger partial charge in [0.2, 0.25) is 6.79 Å². The average molecular weight is 472 g/mol. The van der Waals surface area contributed by atoms with Gasteiger partial charge in [0.1, 0.15) is 12.1 Å². The molecule has 0 amide bonds. The fourth-order valence-corrected chi connectivity index (χ4v) is 4.50. The van der Waals surface area contributed by atoms with E-state index in [1.165, 1.54) is 18.7 Å². The highest BCUT2D eigenvalue weighted by molar-refractivity contribution is 7.99. The van der Waals surface area contributed by atoms with Crippen LogP contribution in [0.15, 0.2) is 34.4 Å². The fraction of sp³-hybridized carbons (Fsp3) is 0.435. The third-order valence-electron chi connectivity index (χ3n) is 5.02. The molecule has 1 aliphatic heterocycles. The van der Waals surface area contributed by atoms with Crippen molar-refractivity contribution in [2.24, 2.45) is 5.41 Å². The first-order valence-electron chi connectivity index (χ1n) is 10.8. The van der Waals surface area contributed by atoms with E-state index >= 15 is 0 Å². The standard InChI is InChI=1S/C23H29N5O4S/c1-14(29)30-11-15-9-17-18(32-13-31-17)10-19(15)33-22-27-20-16(5-6-26-21(20)24)28(22)8-7-25-12-23(2,3)4/h5-6,9-10,25H,7-8,11-13H2,1-4H3,(H2,24,26). The Morgan fingerprint density at radius 3 is 2.79 bits per heavy atom. The van der Waals surface area contributed by atoms with Gasteiger partial charge in [-0.25, -0.2) is 9.97 Å². The molecule has 0 saturated carbocycles. The molecule has 4 rings (SSSR count). The molecule has 0 radical (unpaired) electrons. The summed E-state index contributed by atoms with van der Waals surface area (Å²) in [6.45, 7) is 10.7. The van der Waals surface area contributed by atoms with E-state index in [-0.39, 0.29) is 24.8 Å². The summed E-state index contributed by atoms with van der Waals surface area (Å²) in [4.78, 5) is 21.3. The number of nitrogens with zero attached hydrogens (tertiary/aromatic N) is 3. The van der Waals surface area contributed by atoms with E-state index in [9.17, 15) is 4.79 Å². The first-order valence-corrected chi connectivity index (χ1v) is 11.6. The molecule has 0 spiro atoms. The summed E-state index contributed by atoms with van der Waals surface area (Å²) >= 11 is 1.47. The number of imidazole rings is 1. The largest absolute Gasteiger partial charge is 0.461 e. The molecule has 1 aromatic carbocycles. The van der Waals surface area contributed by atoms with Gasteiger partial charge < -0.3 is 29.8 Å². The van der Waals surface area contributed by atoms with E-state index in [1.54, 1.807) is 6.20 Å². The summed E-state index contributed by atoms with van der Waals surface area (Å²) in [5, 5.41) is 4.28. The monoisotopic (exact) mass is 471 g/mol. The summed E-state index contributed by atoms with van der Waals surface area (Å²) in [5.41, 5.74) is 8.72. The van der Waals surface area contributed by atoms with Crippen LogP contribution in [0.3, 0.4) is 0 Å². The zero-order valence-corrected chi connectivity index (χ0v) is 20.1. The first-order chi connectivity index (χ1) is 15.7. The van der Waals surface area contributed by atoms with Crippen LogP contribution in [0.2, 0.25) is 0 Å². The number of pyridine rings is 1. The second-order valence-corrected chi connectivity index (χ2v) is 10.1. The minimum absolute atomic E-state index is 0.130. The number of hydrogen-bond donors (Lipinski definition) is 2. The van der Waals surface area contributed by atoms with Gasteiger partial charge in [-0.1, -0.05) is 32.5 Å². The Morgan fingerprint density at radius 2 is 2.06 bits per heavy atom. The Morgan fingerprint density at radius 1 is 1.30 bits per heavy atom. The van der Waals surface area contributed by atoms with Gasteiger partial charge in [0, 0.05) is 43.2 Å². The molecular weight excluding hydrogens is 442 g/mol. The highest BCUT2D eigenvalue weighted by atomic mass is 32.2. The van der Waals surface area contributed by atoms with E-state index in [0.717, 1.165) is 34.2 Å². The summed E-state index contributed by atoms with van der Waals surface area (Å²) < 4.78 is 18.5. The van der Waals surface area contributed by atoms with E-state index < -0.39 is 0 Å². The molecule has 9 nitrogen and oxygen atoms in total. The molecule has 1 aliphatic rings. The zero-order valence-electron chi connectivity index (χ0n) is 19.3.